The van der Waals surface area contributed by atoms with Crippen LogP contribution in [0.1, 0.15) is 11.3 Å². The van der Waals surface area contributed by atoms with Crippen molar-refractivity contribution in [1.29, 1.82) is 0 Å². The molecular formula is C12H13BrN4OS. The van der Waals surface area contributed by atoms with Crippen LogP contribution in [0.2, 0.25) is 0 Å². The number of aryl methyl sites for hydroxylation is 2. The van der Waals surface area contributed by atoms with Crippen molar-refractivity contribution in [3.8, 4) is 0 Å². The van der Waals surface area contributed by atoms with E-state index in [1.54, 1.807) is 11.8 Å². The maximum Gasteiger partial charge on any atom is 0.171 e. The molecule has 0 aliphatic rings. The zero-order valence-electron chi connectivity index (χ0n) is 10.5. The molecule has 2 rings (SSSR count). The Morgan fingerprint density at radius 3 is 2.74 bits per heavy atom. The number of aromatic nitrogens is 2. The van der Waals surface area contributed by atoms with E-state index in [0.29, 0.717) is 5.56 Å². The summed E-state index contributed by atoms with van der Waals surface area (Å²) >= 11 is 5.02. The highest BCUT2D eigenvalue weighted by atomic mass is 79.9. The molecule has 0 unspecified atom stereocenters. The fourth-order valence-electron chi connectivity index (χ4n) is 1.62. The monoisotopic (exact) mass is 340 g/mol. The number of nitrogens with zero attached hydrogens (tertiary/aromatic N) is 3. The fourth-order valence-corrected chi connectivity index (χ4v) is 3.31. The molecule has 1 aromatic carbocycles. The summed E-state index contributed by atoms with van der Waals surface area (Å²) in [5.74, 6) is 0.0832. The van der Waals surface area contributed by atoms with Gasteiger partial charge in [0.2, 0.25) is 0 Å². The first-order valence-electron chi connectivity index (χ1n) is 5.47. The molecule has 0 atom stereocenters. The first-order chi connectivity index (χ1) is 9.01. The molecule has 1 heterocycles. The Balaban J connectivity index is 2.28. The number of amidine groups is 1. The van der Waals surface area contributed by atoms with Crippen LogP contribution in [0.3, 0.4) is 0 Å². The summed E-state index contributed by atoms with van der Waals surface area (Å²) < 4.78 is 2.62. The van der Waals surface area contributed by atoms with Crippen LogP contribution in [0.15, 0.2) is 43.8 Å². The summed E-state index contributed by atoms with van der Waals surface area (Å²) in [5.41, 5.74) is 7.22. The summed E-state index contributed by atoms with van der Waals surface area (Å²) in [4.78, 5) is 1.05. The van der Waals surface area contributed by atoms with Crippen molar-refractivity contribution in [3.63, 3.8) is 0 Å². The van der Waals surface area contributed by atoms with Crippen molar-refractivity contribution >= 4 is 33.5 Å². The molecule has 0 spiro atoms. The third-order valence-corrected chi connectivity index (χ3v) is 4.24. The normalized spacial score (nSPS) is 11.8. The van der Waals surface area contributed by atoms with Gasteiger partial charge >= 0.3 is 0 Å². The van der Waals surface area contributed by atoms with Gasteiger partial charge in [0.1, 0.15) is 0 Å². The minimum Gasteiger partial charge on any atom is -0.409 e. The van der Waals surface area contributed by atoms with E-state index in [4.69, 9.17) is 10.9 Å². The standard InChI is InChI=1S/C12H13BrN4OS/c1-7-5-11(17(2)15-7)19-8-3-4-9(10(13)6-8)12(14)16-18/h3-6,18H,1-2H3,(H2,14,16). The van der Waals surface area contributed by atoms with Crippen molar-refractivity contribution < 1.29 is 5.21 Å². The Labute approximate surface area is 123 Å². The first kappa shape index (κ1) is 14.0. The number of hydrogen-bond acceptors (Lipinski definition) is 4. The molecule has 0 amide bonds. The number of halogens is 1. The number of nitrogens with two attached hydrogens (primary N) is 1. The molecule has 1 aromatic heterocycles. The summed E-state index contributed by atoms with van der Waals surface area (Å²) in [6.45, 7) is 1.96. The van der Waals surface area contributed by atoms with Crippen molar-refractivity contribution in [1.82, 2.24) is 9.78 Å². The lowest BCUT2D eigenvalue weighted by atomic mass is 10.2. The fraction of sp³-hybridized carbons (Fsp3) is 0.167. The lowest BCUT2D eigenvalue weighted by Gasteiger charge is -2.06. The molecule has 7 heteroatoms. The first-order valence-corrected chi connectivity index (χ1v) is 7.08. The largest absolute Gasteiger partial charge is 0.409 e. The summed E-state index contributed by atoms with van der Waals surface area (Å²) in [6.07, 6.45) is 0. The van der Waals surface area contributed by atoms with Gasteiger partial charge in [-0.05, 0) is 47.1 Å². The Hall–Kier alpha value is -1.47. The smallest absolute Gasteiger partial charge is 0.171 e. The average Bonchev–Trinajstić information content (AvgIpc) is 2.67. The molecule has 0 aliphatic carbocycles. The van der Waals surface area contributed by atoms with Gasteiger partial charge < -0.3 is 10.9 Å². The molecular weight excluding hydrogens is 328 g/mol. The highest BCUT2D eigenvalue weighted by Crippen LogP contribution is 2.31. The van der Waals surface area contributed by atoms with Gasteiger partial charge in [-0.25, -0.2) is 0 Å². The van der Waals surface area contributed by atoms with Crippen LogP contribution in [0.5, 0.6) is 0 Å². The van der Waals surface area contributed by atoms with Crippen LogP contribution in [-0.2, 0) is 7.05 Å². The topological polar surface area (TPSA) is 76.4 Å². The van der Waals surface area contributed by atoms with Gasteiger partial charge in [0.15, 0.2) is 5.84 Å². The highest BCUT2D eigenvalue weighted by molar-refractivity contribution is 9.10. The Bertz CT molecular complexity index is 639. The summed E-state index contributed by atoms with van der Waals surface area (Å²) in [5, 5.41) is 17.0. The molecule has 0 saturated heterocycles. The van der Waals surface area contributed by atoms with Crippen molar-refractivity contribution in [2.24, 2.45) is 17.9 Å². The van der Waals surface area contributed by atoms with Gasteiger partial charge in [-0.1, -0.05) is 16.9 Å². The van der Waals surface area contributed by atoms with Crippen molar-refractivity contribution in [3.05, 3.63) is 40.0 Å². The van der Waals surface area contributed by atoms with Crippen LogP contribution in [0, 0.1) is 6.92 Å². The van der Waals surface area contributed by atoms with E-state index < -0.39 is 0 Å². The van der Waals surface area contributed by atoms with Crippen LogP contribution < -0.4 is 5.73 Å². The summed E-state index contributed by atoms with van der Waals surface area (Å²) in [7, 11) is 1.91. The molecule has 0 saturated carbocycles. The third kappa shape index (κ3) is 3.10. The lowest BCUT2D eigenvalue weighted by molar-refractivity contribution is 0.318. The van der Waals surface area contributed by atoms with Crippen LogP contribution in [0.4, 0.5) is 0 Å². The molecule has 3 N–H and O–H groups in total. The third-order valence-electron chi connectivity index (χ3n) is 2.51. The molecule has 0 radical (unpaired) electrons. The van der Waals surface area contributed by atoms with E-state index in [1.165, 1.54) is 0 Å². The quantitative estimate of drug-likeness (QED) is 0.390. The minimum absolute atomic E-state index is 0.0832. The molecule has 100 valence electrons. The number of oxime groups is 1. The minimum atomic E-state index is 0.0832. The molecule has 0 aliphatic heterocycles. The Morgan fingerprint density at radius 2 is 2.21 bits per heavy atom. The molecule has 19 heavy (non-hydrogen) atoms. The highest BCUT2D eigenvalue weighted by Gasteiger charge is 2.09. The van der Waals surface area contributed by atoms with Crippen molar-refractivity contribution in [2.75, 3.05) is 0 Å². The molecule has 5 nitrogen and oxygen atoms in total. The maximum absolute atomic E-state index is 8.68. The Kier molecular flexibility index (Phi) is 4.16. The lowest BCUT2D eigenvalue weighted by Crippen LogP contribution is -2.13. The number of hydrogen-bond donors (Lipinski definition) is 2. The number of benzene rings is 1. The van der Waals surface area contributed by atoms with Gasteiger partial charge in [-0.15, -0.1) is 0 Å². The molecule has 2 aromatic rings. The van der Waals surface area contributed by atoms with Gasteiger partial charge in [-0.2, -0.15) is 5.10 Å². The zero-order valence-corrected chi connectivity index (χ0v) is 12.9. The SMILES string of the molecule is Cc1cc(Sc2ccc(/C(N)=N/O)c(Br)c2)n(C)n1. The second-order valence-corrected chi connectivity index (χ2v) is 5.92. The maximum atomic E-state index is 8.68. The molecule has 0 fully saturated rings. The van der Waals surface area contributed by atoms with Crippen LogP contribution in [-0.4, -0.2) is 20.8 Å². The van der Waals surface area contributed by atoms with Gasteiger partial charge in [-0.3, -0.25) is 4.68 Å². The van der Waals surface area contributed by atoms with Crippen molar-refractivity contribution in [2.45, 2.75) is 16.8 Å². The second-order valence-electron chi connectivity index (χ2n) is 3.98. The van der Waals surface area contributed by atoms with E-state index in [1.807, 2.05) is 42.9 Å². The van der Waals surface area contributed by atoms with E-state index in [9.17, 15) is 0 Å². The zero-order chi connectivity index (χ0) is 14.0. The predicted molar refractivity (Wildman–Crippen MR) is 78.7 cm³/mol. The van der Waals surface area contributed by atoms with Gasteiger partial charge in [0, 0.05) is 22.0 Å². The van der Waals surface area contributed by atoms with E-state index in [-0.39, 0.29) is 5.84 Å². The predicted octanol–water partition coefficient (Wildman–Crippen LogP) is 2.74. The van der Waals surface area contributed by atoms with Crippen LogP contribution in [0.25, 0.3) is 0 Å². The number of rotatable bonds is 3. The summed E-state index contributed by atoms with van der Waals surface area (Å²) in [6, 6.07) is 7.69. The van der Waals surface area contributed by atoms with Gasteiger partial charge in [0.05, 0.1) is 10.7 Å². The second kappa shape index (κ2) is 5.66. The van der Waals surface area contributed by atoms with E-state index in [0.717, 1.165) is 20.1 Å². The van der Waals surface area contributed by atoms with Crippen LogP contribution >= 0.6 is 27.7 Å². The molecule has 0 bridgehead atoms. The van der Waals surface area contributed by atoms with E-state index >= 15 is 0 Å². The average molecular weight is 341 g/mol. The van der Waals surface area contributed by atoms with Gasteiger partial charge in [0.25, 0.3) is 0 Å². The van der Waals surface area contributed by atoms with E-state index in [2.05, 4.69) is 26.2 Å². The Morgan fingerprint density at radius 1 is 1.47 bits per heavy atom.